The van der Waals surface area contributed by atoms with Gasteiger partial charge in [0.1, 0.15) is 5.76 Å². The van der Waals surface area contributed by atoms with Crippen LogP contribution < -0.4 is 5.32 Å². The molecule has 0 aliphatic rings. The van der Waals surface area contributed by atoms with Gasteiger partial charge in [-0.1, -0.05) is 0 Å². The van der Waals surface area contributed by atoms with Crippen molar-refractivity contribution in [2.75, 3.05) is 5.32 Å². The van der Waals surface area contributed by atoms with Gasteiger partial charge in [0.05, 0.1) is 23.6 Å². The molecule has 0 bridgehead atoms. The Hall–Kier alpha value is -2.83. The lowest BCUT2D eigenvalue weighted by Crippen LogP contribution is -2.12. The molecule has 0 spiro atoms. The van der Waals surface area contributed by atoms with E-state index >= 15 is 0 Å². The third-order valence-electron chi connectivity index (χ3n) is 3.51. The molecule has 0 fully saturated rings. The highest BCUT2D eigenvalue weighted by Gasteiger charge is 2.16. The average molecular weight is 299 g/mol. The van der Waals surface area contributed by atoms with Gasteiger partial charge in [0.25, 0.3) is 5.91 Å². The molecule has 0 saturated heterocycles. The minimum atomic E-state index is -0.286. The number of hydrogen-bond donors (Lipinski definition) is 1. The van der Waals surface area contributed by atoms with E-state index in [-0.39, 0.29) is 11.7 Å². The first kappa shape index (κ1) is 14.1. The monoisotopic (exact) mass is 299 g/mol. The van der Waals surface area contributed by atoms with Gasteiger partial charge in [-0.25, -0.2) is 0 Å². The molecule has 3 aromatic rings. The fourth-order valence-electron chi connectivity index (χ4n) is 2.27. The summed E-state index contributed by atoms with van der Waals surface area (Å²) in [7, 11) is 1.84. The van der Waals surface area contributed by atoms with E-state index in [0.29, 0.717) is 12.3 Å². The summed E-state index contributed by atoms with van der Waals surface area (Å²) >= 11 is 0. The van der Waals surface area contributed by atoms with E-state index in [4.69, 9.17) is 4.42 Å². The van der Waals surface area contributed by atoms with Crippen LogP contribution in [0.2, 0.25) is 0 Å². The average Bonchev–Trinajstić information content (AvgIpc) is 3.19. The van der Waals surface area contributed by atoms with Gasteiger partial charge in [-0.05, 0) is 32.0 Å². The van der Waals surface area contributed by atoms with E-state index in [9.17, 15) is 4.79 Å². The molecule has 0 aliphatic heterocycles. The van der Waals surface area contributed by atoms with Crippen LogP contribution in [0.1, 0.15) is 27.7 Å². The van der Waals surface area contributed by atoms with Crippen LogP contribution in [0, 0.1) is 13.8 Å². The van der Waals surface area contributed by atoms with Crippen molar-refractivity contribution in [1.82, 2.24) is 19.6 Å². The highest BCUT2D eigenvalue weighted by molar-refractivity contribution is 6.02. The van der Waals surface area contributed by atoms with Crippen molar-refractivity contribution in [1.29, 1.82) is 0 Å². The minimum Gasteiger partial charge on any atom is -0.454 e. The summed E-state index contributed by atoms with van der Waals surface area (Å²) in [6.45, 7) is 4.25. The van der Waals surface area contributed by atoms with Crippen molar-refractivity contribution in [2.45, 2.75) is 20.4 Å². The summed E-state index contributed by atoms with van der Waals surface area (Å²) in [5, 5.41) is 11.2. The van der Waals surface area contributed by atoms with Gasteiger partial charge in [0.15, 0.2) is 5.76 Å². The topological polar surface area (TPSA) is 77.9 Å². The lowest BCUT2D eigenvalue weighted by atomic mass is 10.3. The van der Waals surface area contributed by atoms with E-state index in [1.165, 1.54) is 0 Å². The Kier molecular flexibility index (Phi) is 3.54. The van der Waals surface area contributed by atoms with E-state index in [2.05, 4.69) is 15.5 Å². The smallest absolute Gasteiger partial charge is 0.291 e. The largest absolute Gasteiger partial charge is 0.454 e. The number of hydrogen-bond acceptors (Lipinski definition) is 4. The second-order valence-electron chi connectivity index (χ2n) is 5.09. The van der Waals surface area contributed by atoms with Crippen LogP contribution in [0.5, 0.6) is 0 Å². The van der Waals surface area contributed by atoms with Gasteiger partial charge in [-0.2, -0.15) is 10.2 Å². The Bertz CT molecular complexity index is 798. The predicted molar refractivity (Wildman–Crippen MR) is 80.7 cm³/mol. The summed E-state index contributed by atoms with van der Waals surface area (Å²) in [4.78, 5) is 12.3. The molecule has 7 heteroatoms. The molecule has 0 aliphatic carbocycles. The van der Waals surface area contributed by atoms with Crippen LogP contribution in [0.15, 0.2) is 35.0 Å². The molecule has 0 aromatic carbocycles. The molecule has 3 aromatic heterocycles. The number of nitrogens with one attached hydrogen (secondary N) is 1. The molecule has 0 atom stereocenters. The molecule has 1 N–H and O–H groups in total. The second-order valence-corrected chi connectivity index (χ2v) is 5.09. The van der Waals surface area contributed by atoms with E-state index in [1.54, 1.807) is 27.7 Å². The molecule has 114 valence electrons. The lowest BCUT2D eigenvalue weighted by molar-refractivity contribution is 0.0994. The van der Waals surface area contributed by atoms with E-state index in [0.717, 1.165) is 17.1 Å². The van der Waals surface area contributed by atoms with Crippen LogP contribution >= 0.6 is 0 Å². The number of carbonyl (C=O) groups is 1. The number of rotatable bonds is 4. The highest BCUT2D eigenvalue weighted by Crippen LogP contribution is 2.20. The molecule has 7 nitrogen and oxygen atoms in total. The standard InChI is InChI=1S/C15H17N5O2/c1-10-14(11(2)19(3)18-10)17-15(21)13-6-5-12(22-13)9-20-8-4-7-16-20/h4-8H,9H2,1-3H3,(H,17,21). The first-order valence-electron chi connectivity index (χ1n) is 6.92. The Morgan fingerprint density at radius 1 is 1.36 bits per heavy atom. The maximum Gasteiger partial charge on any atom is 0.291 e. The predicted octanol–water partition coefficient (Wildman–Crippen LogP) is 2.13. The molecule has 3 heterocycles. The number of nitrogens with zero attached hydrogens (tertiary/aromatic N) is 4. The van der Waals surface area contributed by atoms with Crippen LogP contribution in [-0.2, 0) is 13.6 Å². The van der Waals surface area contributed by atoms with Crippen LogP contribution in [0.3, 0.4) is 0 Å². The summed E-state index contributed by atoms with van der Waals surface area (Å²) in [5.74, 6) is 0.657. The molecule has 0 unspecified atom stereocenters. The maximum absolute atomic E-state index is 12.3. The molecular weight excluding hydrogens is 282 g/mol. The van der Waals surface area contributed by atoms with Crippen LogP contribution in [0.4, 0.5) is 5.69 Å². The molecule has 3 rings (SSSR count). The number of anilines is 1. The number of amides is 1. The van der Waals surface area contributed by atoms with Gasteiger partial charge in [-0.15, -0.1) is 0 Å². The highest BCUT2D eigenvalue weighted by atomic mass is 16.4. The Morgan fingerprint density at radius 3 is 2.82 bits per heavy atom. The summed E-state index contributed by atoms with van der Waals surface area (Å²) in [6.07, 6.45) is 3.54. The summed E-state index contributed by atoms with van der Waals surface area (Å²) < 4.78 is 9.04. The Balaban J connectivity index is 1.74. The van der Waals surface area contributed by atoms with Crippen molar-refractivity contribution in [3.8, 4) is 0 Å². The SMILES string of the molecule is Cc1nn(C)c(C)c1NC(=O)c1ccc(Cn2cccn2)o1. The number of carbonyl (C=O) groups excluding carboxylic acids is 1. The quantitative estimate of drug-likeness (QED) is 0.800. The zero-order valence-corrected chi connectivity index (χ0v) is 12.7. The number of furan rings is 1. The van der Waals surface area contributed by atoms with E-state index in [1.807, 2.05) is 33.2 Å². The maximum atomic E-state index is 12.3. The van der Waals surface area contributed by atoms with Gasteiger partial charge >= 0.3 is 0 Å². The van der Waals surface area contributed by atoms with Gasteiger partial charge in [-0.3, -0.25) is 14.2 Å². The van der Waals surface area contributed by atoms with Crippen molar-refractivity contribution in [3.05, 3.63) is 53.5 Å². The Labute approximate surface area is 127 Å². The minimum absolute atomic E-state index is 0.268. The number of aromatic nitrogens is 4. The van der Waals surface area contributed by atoms with Crippen molar-refractivity contribution < 1.29 is 9.21 Å². The van der Waals surface area contributed by atoms with Crippen LogP contribution in [-0.4, -0.2) is 25.5 Å². The first-order valence-corrected chi connectivity index (χ1v) is 6.92. The summed E-state index contributed by atoms with van der Waals surface area (Å²) in [6, 6.07) is 5.28. The molecule has 0 radical (unpaired) electrons. The van der Waals surface area contributed by atoms with Crippen LogP contribution in [0.25, 0.3) is 0 Å². The number of aryl methyl sites for hydroxylation is 2. The van der Waals surface area contributed by atoms with Crippen molar-refractivity contribution in [3.63, 3.8) is 0 Å². The molecular formula is C15H17N5O2. The van der Waals surface area contributed by atoms with Gasteiger partial charge in [0, 0.05) is 19.4 Å². The summed E-state index contributed by atoms with van der Waals surface area (Å²) in [5.41, 5.74) is 2.39. The zero-order valence-electron chi connectivity index (χ0n) is 12.7. The normalized spacial score (nSPS) is 10.9. The van der Waals surface area contributed by atoms with E-state index < -0.39 is 0 Å². The fraction of sp³-hybridized carbons (Fsp3) is 0.267. The zero-order chi connectivity index (χ0) is 15.7. The third kappa shape index (κ3) is 2.65. The Morgan fingerprint density at radius 2 is 2.18 bits per heavy atom. The molecule has 22 heavy (non-hydrogen) atoms. The van der Waals surface area contributed by atoms with Crippen molar-refractivity contribution >= 4 is 11.6 Å². The lowest BCUT2D eigenvalue weighted by Gasteiger charge is -2.03. The molecule has 0 saturated carbocycles. The van der Waals surface area contributed by atoms with Gasteiger partial charge < -0.3 is 9.73 Å². The first-order chi connectivity index (χ1) is 10.5. The third-order valence-corrected chi connectivity index (χ3v) is 3.51. The fourth-order valence-corrected chi connectivity index (χ4v) is 2.27. The second kappa shape index (κ2) is 5.51. The van der Waals surface area contributed by atoms with Crippen molar-refractivity contribution in [2.24, 2.45) is 7.05 Å². The van der Waals surface area contributed by atoms with Gasteiger partial charge in [0.2, 0.25) is 0 Å². The molecule has 1 amide bonds.